The van der Waals surface area contributed by atoms with Crippen LogP contribution in [0.15, 0.2) is 41.3 Å². The quantitative estimate of drug-likeness (QED) is 0.918. The molecule has 1 aromatic carbocycles. The summed E-state index contributed by atoms with van der Waals surface area (Å²) in [5, 5.41) is 2.08. The number of rotatable bonds is 2. The van der Waals surface area contributed by atoms with Crippen LogP contribution in [-0.4, -0.2) is 10.5 Å². The SMILES string of the molecule is Cn1cc(C(=O)Nc2ccc(Cl)cc2C(F)(F)F)ccc1=O. The van der Waals surface area contributed by atoms with Crippen LogP contribution in [0.4, 0.5) is 18.9 Å². The number of aromatic nitrogens is 1. The van der Waals surface area contributed by atoms with Crippen molar-refractivity contribution in [2.45, 2.75) is 6.18 Å². The largest absolute Gasteiger partial charge is 0.418 e. The Morgan fingerprint density at radius 3 is 2.50 bits per heavy atom. The van der Waals surface area contributed by atoms with E-state index < -0.39 is 23.3 Å². The van der Waals surface area contributed by atoms with Crippen molar-refractivity contribution < 1.29 is 18.0 Å². The first-order valence-corrected chi connectivity index (χ1v) is 6.41. The standard InChI is InChI=1S/C14H10ClF3N2O2/c1-20-7-8(2-5-12(20)21)13(22)19-11-4-3-9(15)6-10(11)14(16,17)18/h2-7H,1H3,(H,19,22). The van der Waals surface area contributed by atoms with E-state index in [4.69, 9.17) is 11.6 Å². The van der Waals surface area contributed by atoms with Gasteiger partial charge in [-0.1, -0.05) is 11.6 Å². The number of carbonyl (C=O) groups excluding carboxylic acids is 1. The van der Waals surface area contributed by atoms with Crippen LogP contribution in [0.25, 0.3) is 0 Å². The number of pyridine rings is 1. The summed E-state index contributed by atoms with van der Waals surface area (Å²) >= 11 is 5.56. The lowest BCUT2D eigenvalue weighted by molar-refractivity contribution is -0.136. The first kappa shape index (κ1) is 16.1. The number of amides is 1. The summed E-state index contributed by atoms with van der Waals surface area (Å²) in [7, 11) is 1.43. The third kappa shape index (κ3) is 3.48. The van der Waals surface area contributed by atoms with Gasteiger partial charge in [0.05, 0.1) is 16.8 Å². The summed E-state index contributed by atoms with van der Waals surface area (Å²) in [6.45, 7) is 0. The molecule has 4 nitrogen and oxygen atoms in total. The van der Waals surface area contributed by atoms with Crippen molar-refractivity contribution in [1.29, 1.82) is 0 Å². The average molecular weight is 331 g/mol. The second-order valence-electron chi connectivity index (χ2n) is 4.51. The second-order valence-corrected chi connectivity index (χ2v) is 4.95. The number of aryl methyl sites for hydroxylation is 1. The van der Waals surface area contributed by atoms with Gasteiger partial charge in [0.1, 0.15) is 0 Å². The number of hydrogen-bond donors (Lipinski definition) is 1. The Morgan fingerprint density at radius 1 is 1.23 bits per heavy atom. The minimum absolute atomic E-state index is 0.0603. The van der Waals surface area contributed by atoms with Gasteiger partial charge >= 0.3 is 6.18 Å². The van der Waals surface area contributed by atoms with Crippen LogP contribution in [0.1, 0.15) is 15.9 Å². The van der Waals surface area contributed by atoms with E-state index in [9.17, 15) is 22.8 Å². The predicted octanol–water partition coefficient (Wildman–Crippen LogP) is 3.31. The molecule has 1 heterocycles. The van der Waals surface area contributed by atoms with Gasteiger partial charge in [0.15, 0.2) is 0 Å². The van der Waals surface area contributed by atoms with Gasteiger partial charge in [-0.15, -0.1) is 0 Å². The highest BCUT2D eigenvalue weighted by Crippen LogP contribution is 2.36. The van der Waals surface area contributed by atoms with Crippen LogP contribution < -0.4 is 10.9 Å². The summed E-state index contributed by atoms with van der Waals surface area (Å²) < 4.78 is 40.0. The molecule has 116 valence electrons. The zero-order chi connectivity index (χ0) is 16.5. The van der Waals surface area contributed by atoms with Crippen LogP contribution in [0, 0.1) is 0 Å². The third-order valence-electron chi connectivity index (χ3n) is 2.88. The van der Waals surface area contributed by atoms with E-state index in [1.807, 2.05) is 0 Å². The molecule has 0 aliphatic carbocycles. The molecule has 1 aromatic heterocycles. The van der Waals surface area contributed by atoms with Crippen molar-refractivity contribution in [3.05, 3.63) is 63.0 Å². The fourth-order valence-corrected chi connectivity index (χ4v) is 1.95. The Bertz CT molecular complexity index is 784. The van der Waals surface area contributed by atoms with Gasteiger partial charge in [-0.25, -0.2) is 0 Å². The zero-order valence-corrected chi connectivity index (χ0v) is 12.0. The van der Waals surface area contributed by atoms with Gasteiger partial charge < -0.3 is 9.88 Å². The number of nitrogens with one attached hydrogen (secondary N) is 1. The Labute approximate surface area is 128 Å². The minimum Gasteiger partial charge on any atom is -0.321 e. The molecule has 0 bridgehead atoms. The van der Waals surface area contributed by atoms with Gasteiger partial charge in [-0.3, -0.25) is 9.59 Å². The molecule has 1 N–H and O–H groups in total. The van der Waals surface area contributed by atoms with E-state index >= 15 is 0 Å². The number of halogens is 4. The highest BCUT2D eigenvalue weighted by molar-refractivity contribution is 6.30. The van der Waals surface area contributed by atoms with Gasteiger partial charge in [-0.05, 0) is 24.3 Å². The van der Waals surface area contributed by atoms with E-state index in [0.29, 0.717) is 0 Å². The topological polar surface area (TPSA) is 51.1 Å². The lowest BCUT2D eigenvalue weighted by atomic mass is 10.1. The summed E-state index contributed by atoms with van der Waals surface area (Å²) in [4.78, 5) is 23.3. The molecule has 0 unspecified atom stereocenters. The first-order valence-electron chi connectivity index (χ1n) is 6.03. The third-order valence-corrected chi connectivity index (χ3v) is 3.12. The highest BCUT2D eigenvalue weighted by Gasteiger charge is 2.34. The van der Waals surface area contributed by atoms with E-state index in [1.54, 1.807) is 0 Å². The van der Waals surface area contributed by atoms with Crippen molar-refractivity contribution in [2.75, 3.05) is 5.32 Å². The zero-order valence-electron chi connectivity index (χ0n) is 11.2. The second kappa shape index (κ2) is 5.84. The molecule has 0 radical (unpaired) electrons. The fourth-order valence-electron chi connectivity index (χ4n) is 1.78. The number of benzene rings is 1. The maximum Gasteiger partial charge on any atom is 0.418 e. The molecule has 2 aromatic rings. The van der Waals surface area contributed by atoms with E-state index in [0.717, 1.165) is 22.8 Å². The Kier molecular flexibility index (Phi) is 4.27. The van der Waals surface area contributed by atoms with Crippen LogP contribution in [0.3, 0.4) is 0 Å². The minimum atomic E-state index is -4.66. The summed E-state index contributed by atoms with van der Waals surface area (Å²) in [5.74, 6) is -0.761. The van der Waals surface area contributed by atoms with Gasteiger partial charge in [0.25, 0.3) is 5.91 Å². The maximum absolute atomic E-state index is 12.9. The maximum atomic E-state index is 12.9. The Hall–Kier alpha value is -2.28. The van der Waals surface area contributed by atoms with Crippen LogP contribution in [0.5, 0.6) is 0 Å². The normalized spacial score (nSPS) is 11.3. The molecular weight excluding hydrogens is 321 g/mol. The molecule has 0 saturated carbocycles. The summed E-state index contributed by atoms with van der Waals surface area (Å²) in [6.07, 6.45) is -3.42. The number of nitrogens with zero attached hydrogens (tertiary/aromatic N) is 1. The number of carbonyl (C=O) groups is 1. The van der Waals surface area contributed by atoms with Gasteiger partial charge in [0.2, 0.25) is 5.56 Å². The average Bonchev–Trinajstić information content (AvgIpc) is 2.42. The van der Waals surface area contributed by atoms with Crippen molar-refractivity contribution in [1.82, 2.24) is 4.57 Å². The molecule has 0 aliphatic rings. The van der Waals surface area contributed by atoms with E-state index in [-0.39, 0.29) is 16.1 Å². The van der Waals surface area contributed by atoms with Gasteiger partial charge in [0, 0.05) is 24.3 Å². The monoisotopic (exact) mass is 330 g/mol. The van der Waals surface area contributed by atoms with Crippen molar-refractivity contribution >= 4 is 23.2 Å². The fraction of sp³-hybridized carbons (Fsp3) is 0.143. The molecule has 0 fully saturated rings. The molecular formula is C14H10ClF3N2O2. The predicted molar refractivity (Wildman–Crippen MR) is 76.1 cm³/mol. The van der Waals surface area contributed by atoms with E-state index in [1.165, 1.54) is 25.4 Å². The summed E-state index contributed by atoms with van der Waals surface area (Å²) in [6, 6.07) is 5.44. The molecule has 8 heteroatoms. The Morgan fingerprint density at radius 2 is 1.91 bits per heavy atom. The van der Waals surface area contributed by atoms with Crippen molar-refractivity contribution in [2.24, 2.45) is 7.05 Å². The number of hydrogen-bond acceptors (Lipinski definition) is 2. The molecule has 0 spiro atoms. The van der Waals surface area contributed by atoms with Crippen molar-refractivity contribution in [3.8, 4) is 0 Å². The van der Waals surface area contributed by atoms with Crippen LogP contribution in [-0.2, 0) is 13.2 Å². The molecule has 22 heavy (non-hydrogen) atoms. The number of anilines is 1. The smallest absolute Gasteiger partial charge is 0.321 e. The lowest BCUT2D eigenvalue weighted by Gasteiger charge is -2.14. The van der Waals surface area contributed by atoms with Crippen molar-refractivity contribution in [3.63, 3.8) is 0 Å². The molecule has 1 amide bonds. The molecule has 0 saturated heterocycles. The lowest BCUT2D eigenvalue weighted by Crippen LogP contribution is -2.21. The molecule has 2 rings (SSSR count). The Balaban J connectivity index is 2.36. The van der Waals surface area contributed by atoms with Crippen LogP contribution >= 0.6 is 11.6 Å². The van der Waals surface area contributed by atoms with Gasteiger partial charge in [-0.2, -0.15) is 13.2 Å². The highest BCUT2D eigenvalue weighted by atomic mass is 35.5. The molecule has 0 atom stereocenters. The molecule has 0 aliphatic heterocycles. The van der Waals surface area contributed by atoms with E-state index in [2.05, 4.69) is 5.32 Å². The first-order chi connectivity index (χ1) is 10.2. The number of alkyl halides is 3. The summed E-state index contributed by atoms with van der Waals surface area (Å²) in [5.41, 5.74) is -1.72. The van der Waals surface area contributed by atoms with Crippen LogP contribution in [0.2, 0.25) is 5.02 Å².